The fraction of sp³-hybridized carbons (Fsp3) is 0.400. The Bertz CT molecular complexity index is 834. The fourth-order valence-corrected chi connectivity index (χ4v) is 3.33. The molecule has 0 aromatic heterocycles. The van der Waals surface area contributed by atoms with Gasteiger partial charge in [-0.1, -0.05) is 30.3 Å². The second kappa shape index (κ2) is 6.72. The van der Waals surface area contributed by atoms with Crippen molar-refractivity contribution in [3.8, 4) is 6.07 Å². The number of carbonyl (C=O) groups is 1. The number of piperidine rings is 1. The third-order valence-electron chi connectivity index (χ3n) is 5.14. The minimum absolute atomic E-state index is 0.138. The van der Waals surface area contributed by atoms with Gasteiger partial charge in [-0.15, -0.1) is 0 Å². The van der Waals surface area contributed by atoms with E-state index in [4.69, 9.17) is 0 Å². The van der Waals surface area contributed by atoms with Gasteiger partial charge >= 0.3 is 6.03 Å². The predicted octanol–water partition coefficient (Wildman–Crippen LogP) is 4.38. The maximum absolute atomic E-state index is 14.0. The predicted molar refractivity (Wildman–Crippen MR) is 95.4 cm³/mol. The first-order valence-electron chi connectivity index (χ1n) is 8.57. The van der Waals surface area contributed by atoms with E-state index in [1.54, 1.807) is 23.1 Å². The van der Waals surface area contributed by atoms with E-state index in [1.807, 2.05) is 26.0 Å². The van der Waals surface area contributed by atoms with E-state index in [1.165, 1.54) is 6.07 Å². The Balaban J connectivity index is 1.73. The second-order valence-corrected chi connectivity index (χ2v) is 7.01. The van der Waals surface area contributed by atoms with Crippen molar-refractivity contribution in [2.45, 2.75) is 32.7 Å². The minimum atomic E-state index is -0.338. The summed E-state index contributed by atoms with van der Waals surface area (Å²) < 4.78 is 14.0. The molecular weight excluding hydrogens is 317 g/mol. The number of benzene rings is 2. The lowest BCUT2D eigenvalue weighted by molar-refractivity contribution is 0.154. The molecule has 2 aromatic rings. The molecule has 0 radical (unpaired) electrons. The average molecular weight is 339 g/mol. The van der Waals surface area contributed by atoms with E-state index < -0.39 is 0 Å². The van der Waals surface area contributed by atoms with Crippen LogP contribution in [0.2, 0.25) is 0 Å². The lowest BCUT2D eigenvalue weighted by Gasteiger charge is -2.35. The van der Waals surface area contributed by atoms with Crippen LogP contribution in [0.1, 0.15) is 38.3 Å². The summed E-state index contributed by atoms with van der Waals surface area (Å²) in [5, 5.41) is 13.6. The fourth-order valence-electron chi connectivity index (χ4n) is 3.33. The van der Waals surface area contributed by atoms with Crippen molar-refractivity contribution >= 4 is 16.8 Å². The standard InChI is InChI=1S/C20H22FN3O/c1-14(15-7-8-18(21)17-6-4-3-5-16(15)17)23-19(25)24-11-9-20(2,13-22)10-12-24/h3-8,14H,9-12H2,1-2H3,(H,23,25)/t14-/m0/s1. The van der Waals surface area contributed by atoms with Gasteiger partial charge < -0.3 is 10.2 Å². The summed E-state index contributed by atoms with van der Waals surface area (Å²) >= 11 is 0. The molecule has 130 valence electrons. The first-order valence-corrected chi connectivity index (χ1v) is 8.57. The van der Waals surface area contributed by atoms with Crippen LogP contribution < -0.4 is 5.32 Å². The molecule has 2 aromatic carbocycles. The van der Waals surface area contributed by atoms with Crippen LogP contribution in [-0.4, -0.2) is 24.0 Å². The molecule has 1 saturated heterocycles. The Labute approximate surface area is 147 Å². The van der Waals surface area contributed by atoms with Crippen LogP contribution in [-0.2, 0) is 0 Å². The van der Waals surface area contributed by atoms with E-state index >= 15 is 0 Å². The van der Waals surface area contributed by atoms with E-state index in [0.717, 1.165) is 10.9 Å². The quantitative estimate of drug-likeness (QED) is 0.883. The van der Waals surface area contributed by atoms with Crippen molar-refractivity contribution < 1.29 is 9.18 Å². The molecular formula is C20H22FN3O. The summed E-state index contributed by atoms with van der Waals surface area (Å²) in [6.45, 7) is 5.00. The summed E-state index contributed by atoms with van der Waals surface area (Å²) in [5.41, 5.74) is 0.555. The van der Waals surface area contributed by atoms with Crippen LogP contribution in [0, 0.1) is 22.6 Å². The average Bonchev–Trinajstić information content (AvgIpc) is 2.62. The molecule has 1 atom stereocenters. The molecule has 0 unspecified atom stereocenters. The van der Waals surface area contributed by atoms with Gasteiger partial charge in [-0.3, -0.25) is 0 Å². The van der Waals surface area contributed by atoms with Crippen molar-refractivity contribution in [3.05, 3.63) is 47.8 Å². The highest BCUT2D eigenvalue weighted by Gasteiger charge is 2.32. The van der Waals surface area contributed by atoms with E-state index in [9.17, 15) is 14.4 Å². The highest BCUT2D eigenvalue weighted by Crippen LogP contribution is 2.30. The monoisotopic (exact) mass is 339 g/mol. The maximum atomic E-state index is 14.0. The van der Waals surface area contributed by atoms with Crippen LogP contribution >= 0.6 is 0 Å². The summed E-state index contributed by atoms with van der Waals surface area (Å²) in [6.07, 6.45) is 1.37. The number of halogens is 1. The van der Waals surface area contributed by atoms with Crippen LogP contribution in [0.25, 0.3) is 10.8 Å². The summed E-state index contributed by atoms with van der Waals surface area (Å²) in [5.74, 6) is -0.260. The summed E-state index contributed by atoms with van der Waals surface area (Å²) in [4.78, 5) is 14.3. The van der Waals surface area contributed by atoms with Crippen LogP contribution in [0.4, 0.5) is 9.18 Å². The lowest BCUT2D eigenvalue weighted by Crippen LogP contribution is -2.47. The second-order valence-electron chi connectivity index (χ2n) is 7.01. The number of hydrogen-bond donors (Lipinski definition) is 1. The van der Waals surface area contributed by atoms with Gasteiger partial charge in [0.05, 0.1) is 17.5 Å². The highest BCUT2D eigenvalue weighted by atomic mass is 19.1. The van der Waals surface area contributed by atoms with Crippen molar-refractivity contribution in [1.82, 2.24) is 10.2 Å². The molecule has 1 aliphatic heterocycles. The van der Waals surface area contributed by atoms with Crippen molar-refractivity contribution in [2.24, 2.45) is 5.41 Å². The van der Waals surface area contributed by atoms with Crippen molar-refractivity contribution in [1.29, 1.82) is 5.26 Å². The number of nitriles is 1. The van der Waals surface area contributed by atoms with Gasteiger partial charge in [-0.05, 0) is 43.7 Å². The smallest absolute Gasteiger partial charge is 0.317 e. The normalized spacial score (nSPS) is 17.8. The van der Waals surface area contributed by atoms with Gasteiger partial charge in [0.15, 0.2) is 0 Å². The Morgan fingerprint density at radius 1 is 1.24 bits per heavy atom. The van der Waals surface area contributed by atoms with E-state index in [-0.39, 0.29) is 23.3 Å². The minimum Gasteiger partial charge on any atom is -0.331 e. The van der Waals surface area contributed by atoms with Gasteiger partial charge in [-0.25, -0.2) is 9.18 Å². The molecule has 5 heteroatoms. The highest BCUT2D eigenvalue weighted by molar-refractivity contribution is 5.87. The van der Waals surface area contributed by atoms with Crippen LogP contribution in [0.15, 0.2) is 36.4 Å². The number of amides is 2. The number of nitrogens with zero attached hydrogens (tertiary/aromatic N) is 2. The molecule has 3 rings (SSSR count). The van der Waals surface area contributed by atoms with Gasteiger partial charge in [-0.2, -0.15) is 5.26 Å². The molecule has 0 spiro atoms. The summed E-state index contributed by atoms with van der Waals surface area (Å²) in [7, 11) is 0. The van der Waals surface area contributed by atoms with Crippen molar-refractivity contribution in [3.63, 3.8) is 0 Å². The van der Waals surface area contributed by atoms with Gasteiger partial charge in [0.1, 0.15) is 5.82 Å². The molecule has 0 aliphatic carbocycles. The zero-order chi connectivity index (χ0) is 18.0. The number of nitrogens with one attached hydrogen (secondary N) is 1. The first-order chi connectivity index (χ1) is 11.9. The number of hydrogen-bond acceptors (Lipinski definition) is 2. The van der Waals surface area contributed by atoms with Gasteiger partial charge in [0, 0.05) is 18.5 Å². The molecule has 1 N–H and O–H groups in total. The molecule has 25 heavy (non-hydrogen) atoms. The maximum Gasteiger partial charge on any atom is 0.317 e. The Hall–Kier alpha value is -2.61. The third kappa shape index (κ3) is 3.43. The Morgan fingerprint density at radius 3 is 2.52 bits per heavy atom. The topological polar surface area (TPSA) is 56.1 Å². The molecule has 4 nitrogen and oxygen atoms in total. The number of rotatable bonds is 2. The van der Waals surface area contributed by atoms with E-state index in [2.05, 4.69) is 11.4 Å². The Kier molecular flexibility index (Phi) is 4.63. The number of likely N-dealkylation sites (tertiary alicyclic amines) is 1. The molecule has 1 heterocycles. The third-order valence-corrected chi connectivity index (χ3v) is 5.14. The Morgan fingerprint density at radius 2 is 1.88 bits per heavy atom. The number of carbonyl (C=O) groups excluding carboxylic acids is 1. The van der Waals surface area contributed by atoms with E-state index in [0.29, 0.717) is 31.3 Å². The van der Waals surface area contributed by atoms with Gasteiger partial charge in [0.2, 0.25) is 0 Å². The van der Waals surface area contributed by atoms with Crippen LogP contribution in [0.3, 0.4) is 0 Å². The SMILES string of the molecule is C[C@H](NC(=O)N1CCC(C)(C#N)CC1)c1ccc(F)c2ccccc12. The molecule has 2 amide bonds. The van der Waals surface area contributed by atoms with Crippen LogP contribution in [0.5, 0.6) is 0 Å². The zero-order valence-electron chi connectivity index (χ0n) is 14.6. The van der Waals surface area contributed by atoms with Crippen molar-refractivity contribution in [2.75, 3.05) is 13.1 Å². The number of fused-ring (bicyclic) bond motifs is 1. The lowest BCUT2D eigenvalue weighted by atomic mass is 9.82. The first kappa shape index (κ1) is 17.2. The van der Waals surface area contributed by atoms with Gasteiger partial charge in [0.25, 0.3) is 0 Å². The molecule has 0 bridgehead atoms. The molecule has 1 fully saturated rings. The largest absolute Gasteiger partial charge is 0.331 e. The molecule has 1 aliphatic rings. The molecule has 0 saturated carbocycles. The zero-order valence-corrected chi connectivity index (χ0v) is 14.6. The summed E-state index contributed by atoms with van der Waals surface area (Å²) in [6, 6.07) is 12.4. The number of urea groups is 1.